The highest BCUT2D eigenvalue weighted by molar-refractivity contribution is 6.30. The second kappa shape index (κ2) is 7.99. The van der Waals surface area contributed by atoms with E-state index in [2.05, 4.69) is 34.4 Å². The van der Waals surface area contributed by atoms with Crippen LogP contribution in [-0.2, 0) is 24.3 Å². The molecule has 3 heterocycles. The summed E-state index contributed by atoms with van der Waals surface area (Å²) in [7, 11) is 0. The van der Waals surface area contributed by atoms with Gasteiger partial charge in [-0.25, -0.2) is 0 Å². The number of benzene rings is 2. The van der Waals surface area contributed by atoms with Gasteiger partial charge in [0, 0.05) is 48.1 Å². The molecule has 0 saturated heterocycles. The maximum atomic E-state index is 11.9. The lowest BCUT2D eigenvalue weighted by Gasteiger charge is -2.34. The molecule has 0 amide bonds. The maximum absolute atomic E-state index is 11.9. The van der Waals surface area contributed by atoms with Gasteiger partial charge in [-0.15, -0.1) is 0 Å². The Kier molecular flexibility index (Phi) is 5.14. The van der Waals surface area contributed by atoms with Gasteiger partial charge >= 0.3 is 5.97 Å². The molecule has 0 fully saturated rings. The van der Waals surface area contributed by atoms with Gasteiger partial charge in [-0.2, -0.15) is 0 Å². The second-order valence-electron chi connectivity index (χ2n) is 8.38. The molecule has 6 heteroatoms. The number of hydrogen-bond donors (Lipinski definition) is 1. The van der Waals surface area contributed by atoms with E-state index in [0.29, 0.717) is 5.02 Å². The number of carboxylic acid groups (broad SMARTS) is 1. The number of aryl methyl sites for hydroxylation is 1. The second-order valence-corrected chi connectivity index (χ2v) is 8.82. The van der Waals surface area contributed by atoms with Crippen molar-refractivity contribution in [1.82, 2.24) is 9.55 Å². The van der Waals surface area contributed by atoms with Crippen LogP contribution < -0.4 is 4.90 Å². The molecule has 4 aromatic rings. The minimum atomic E-state index is -0.831. The molecule has 5 rings (SSSR count). The molecule has 0 radical (unpaired) electrons. The molecular formula is C26H24ClN3O2. The van der Waals surface area contributed by atoms with Gasteiger partial charge in [0.25, 0.3) is 0 Å². The standard InChI is InChI=1S/C26H24ClN3O2/c1-16-13-22-24(19-3-5-20(27)6-4-19)21(14-23(31)32)17(2)25-26(22)30(16)12-11-29(25)15-18-7-9-28-10-8-18/h3-10,13H,11-12,14-15H2,1-2H3,(H,31,32). The van der Waals surface area contributed by atoms with Crippen molar-refractivity contribution in [1.29, 1.82) is 0 Å². The highest BCUT2D eigenvalue weighted by atomic mass is 35.5. The van der Waals surface area contributed by atoms with Gasteiger partial charge in [0.05, 0.1) is 17.6 Å². The predicted molar refractivity (Wildman–Crippen MR) is 128 cm³/mol. The Hall–Kier alpha value is -3.31. The Bertz CT molecular complexity index is 1330. The van der Waals surface area contributed by atoms with E-state index in [-0.39, 0.29) is 6.42 Å². The summed E-state index contributed by atoms with van der Waals surface area (Å²) < 4.78 is 2.37. The lowest BCUT2D eigenvalue weighted by atomic mass is 9.88. The molecule has 1 aliphatic rings. The van der Waals surface area contributed by atoms with Crippen molar-refractivity contribution in [2.75, 3.05) is 11.4 Å². The number of aromatic nitrogens is 2. The summed E-state index contributed by atoms with van der Waals surface area (Å²) in [6, 6.07) is 14.0. The Labute approximate surface area is 191 Å². The third-order valence-corrected chi connectivity index (χ3v) is 6.65. The third-order valence-electron chi connectivity index (χ3n) is 6.40. The van der Waals surface area contributed by atoms with Crippen LogP contribution >= 0.6 is 11.6 Å². The number of aliphatic carboxylic acids is 1. The zero-order chi connectivity index (χ0) is 22.4. The Morgan fingerprint density at radius 2 is 1.81 bits per heavy atom. The van der Waals surface area contributed by atoms with E-state index in [4.69, 9.17) is 11.6 Å². The summed E-state index contributed by atoms with van der Waals surface area (Å²) in [4.78, 5) is 18.4. The van der Waals surface area contributed by atoms with Crippen molar-refractivity contribution in [3.63, 3.8) is 0 Å². The van der Waals surface area contributed by atoms with Crippen LogP contribution in [0.25, 0.3) is 22.0 Å². The van der Waals surface area contributed by atoms with Gasteiger partial charge in [-0.05, 0) is 72.0 Å². The summed E-state index contributed by atoms with van der Waals surface area (Å²) in [6.45, 7) is 6.71. The summed E-state index contributed by atoms with van der Waals surface area (Å²) in [5.41, 5.74) is 8.55. The topological polar surface area (TPSA) is 58.4 Å². The van der Waals surface area contributed by atoms with Gasteiger partial charge in [-0.3, -0.25) is 9.78 Å². The number of hydrogen-bond acceptors (Lipinski definition) is 3. The van der Waals surface area contributed by atoms with Gasteiger partial charge < -0.3 is 14.6 Å². The molecule has 2 aromatic heterocycles. The van der Waals surface area contributed by atoms with E-state index < -0.39 is 5.97 Å². The smallest absolute Gasteiger partial charge is 0.307 e. The van der Waals surface area contributed by atoms with Crippen molar-refractivity contribution in [3.05, 3.63) is 82.3 Å². The Morgan fingerprint density at radius 3 is 2.50 bits per heavy atom. The minimum absolute atomic E-state index is 0.0277. The predicted octanol–water partition coefficient (Wildman–Crippen LogP) is 5.62. The van der Waals surface area contributed by atoms with E-state index in [9.17, 15) is 9.90 Å². The quantitative estimate of drug-likeness (QED) is 0.433. The van der Waals surface area contributed by atoms with Gasteiger partial charge in [0.2, 0.25) is 0 Å². The van der Waals surface area contributed by atoms with Crippen LogP contribution in [0.3, 0.4) is 0 Å². The first-order valence-corrected chi connectivity index (χ1v) is 11.1. The number of nitrogens with zero attached hydrogens (tertiary/aromatic N) is 3. The molecule has 0 saturated carbocycles. The van der Waals surface area contributed by atoms with Crippen molar-refractivity contribution in [2.24, 2.45) is 0 Å². The first-order valence-electron chi connectivity index (χ1n) is 10.7. The number of pyridine rings is 1. The van der Waals surface area contributed by atoms with Crippen LogP contribution in [0, 0.1) is 13.8 Å². The molecule has 0 bridgehead atoms. The largest absolute Gasteiger partial charge is 0.481 e. The summed E-state index contributed by atoms with van der Waals surface area (Å²) in [5, 5.41) is 11.5. The zero-order valence-corrected chi connectivity index (χ0v) is 18.9. The van der Waals surface area contributed by atoms with Crippen molar-refractivity contribution >= 4 is 34.2 Å². The van der Waals surface area contributed by atoms with E-state index >= 15 is 0 Å². The van der Waals surface area contributed by atoms with E-state index in [1.54, 1.807) is 0 Å². The number of halogens is 1. The minimum Gasteiger partial charge on any atom is -0.481 e. The van der Waals surface area contributed by atoms with E-state index in [0.717, 1.165) is 53.0 Å². The number of carboxylic acids is 1. The normalized spacial score (nSPS) is 13.0. The molecular weight excluding hydrogens is 422 g/mol. The van der Waals surface area contributed by atoms with Crippen LogP contribution in [0.15, 0.2) is 54.9 Å². The van der Waals surface area contributed by atoms with Gasteiger partial charge in [0.1, 0.15) is 0 Å². The third kappa shape index (κ3) is 3.43. The average Bonchev–Trinajstić information content (AvgIpc) is 3.10. The van der Waals surface area contributed by atoms with E-state index in [1.807, 2.05) is 48.8 Å². The first kappa shape index (κ1) is 20.6. The van der Waals surface area contributed by atoms with Crippen molar-refractivity contribution in [3.8, 4) is 11.1 Å². The molecule has 1 N–H and O–H groups in total. The van der Waals surface area contributed by atoms with Crippen molar-refractivity contribution < 1.29 is 9.90 Å². The lowest BCUT2D eigenvalue weighted by Crippen LogP contribution is -2.32. The molecule has 5 nitrogen and oxygen atoms in total. The molecule has 0 atom stereocenters. The van der Waals surface area contributed by atoms with Crippen LogP contribution in [0.4, 0.5) is 5.69 Å². The fourth-order valence-electron chi connectivity index (χ4n) is 4.99. The molecule has 1 aliphatic heterocycles. The molecule has 32 heavy (non-hydrogen) atoms. The Balaban J connectivity index is 1.79. The SMILES string of the molecule is Cc1c(CC(=O)O)c(-c2ccc(Cl)cc2)c2cc(C)n3c2c1N(Cc1ccncc1)CC3. The molecule has 162 valence electrons. The average molecular weight is 446 g/mol. The van der Waals surface area contributed by atoms with Crippen LogP contribution in [0.5, 0.6) is 0 Å². The highest BCUT2D eigenvalue weighted by Crippen LogP contribution is 2.45. The first-order chi connectivity index (χ1) is 15.4. The van der Waals surface area contributed by atoms with Crippen LogP contribution in [0.2, 0.25) is 5.02 Å². The van der Waals surface area contributed by atoms with Gasteiger partial charge in [-0.1, -0.05) is 23.7 Å². The summed E-state index contributed by atoms with van der Waals surface area (Å²) in [5.74, 6) is -0.831. The number of anilines is 1. The lowest BCUT2D eigenvalue weighted by molar-refractivity contribution is -0.136. The maximum Gasteiger partial charge on any atom is 0.307 e. The number of rotatable bonds is 5. The van der Waals surface area contributed by atoms with E-state index in [1.165, 1.54) is 16.8 Å². The monoisotopic (exact) mass is 445 g/mol. The van der Waals surface area contributed by atoms with Crippen molar-refractivity contribution in [2.45, 2.75) is 33.4 Å². The van der Waals surface area contributed by atoms with Crippen LogP contribution in [-0.4, -0.2) is 27.2 Å². The molecule has 0 unspecified atom stereocenters. The zero-order valence-electron chi connectivity index (χ0n) is 18.1. The Morgan fingerprint density at radius 1 is 1.09 bits per heavy atom. The molecule has 0 spiro atoms. The fraction of sp³-hybridized carbons (Fsp3) is 0.231. The number of carbonyl (C=O) groups is 1. The highest BCUT2D eigenvalue weighted by Gasteiger charge is 2.28. The molecule has 2 aromatic carbocycles. The van der Waals surface area contributed by atoms with Gasteiger partial charge in [0.15, 0.2) is 0 Å². The van der Waals surface area contributed by atoms with Crippen LogP contribution in [0.1, 0.15) is 22.4 Å². The fourth-order valence-corrected chi connectivity index (χ4v) is 5.11. The summed E-state index contributed by atoms with van der Waals surface area (Å²) >= 11 is 6.15. The summed E-state index contributed by atoms with van der Waals surface area (Å²) in [6.07, 6.45) is 3.60. The molecule has 0 aliphatic carbocycles.